The van der Waals surface area contributed by atoms with Crippen molar-refractivity contribution in [2.24, 2.45) is 0 Å². The van der Waals surface area contributed by atoms with Gasteiger partial charge in [0.15, 0.2) is 0 Å². The average Bonchev–Trinajstić information content (AvgIpc) is 2.42. The predicted molar refractivity (Wildman–Crippen MR) is 73.2 cm³/mol. The van der Waals surface area contributed by atoms with Crippen molar-refractivity contribution in [3.8, 4) is 5.75 Å². The van der Waals surface area contributed by atoms with Crippen molar-refractivity contribution in [3.63, 3.8) is 0 Å². The number of rotatable bonds is 5. The van der Waals surface area contributed by atoms with E-state index >= 15 is 0 Å². The van der Waals surface area contributed by atoms with Crippen LogP contribution >= 0.6 is 7.82 Å². The quantitative estimate of drug-likeness (QED) is 0.852. The van der Waals surface area contributed by atoms with Crippen LogP contribution in [-0.4, -0.2) is 12.0 Å². The zero-order chi connectivity index (χ0) is 13.7. The van der Waals surface area contributed by atoms with Crippen molar-refractivity contribution in [1.29, 1.82) is 0 Å². The Morgan fingerprint density at radius 1 is 1.05 bits per heavy atom. The third kappa shape index (κ3) is 3.93. The Labute approximate surface area is 112 Å². The number of benzene rings is 2. The van der Waals surface area contributed by atoms with Gasteiger partial charge in [0.2, 0.25) is 0 Å². The van der Waals surface area contributed by atoms with Gasteiger partial charge in [0, 0.05) is 13.5 Å². The van der Waals surface area contributed by atoms with Crippen molar-refractivity contribution < 1.29 is 18.5 Å². The number of para-hydroxylation sites is 1. The smallest absolute Gasteiger partial charge is 0.404 e. The molecule has 0 bridgehead atoms. The molecule has 1 atom stereocenters. The number of hydrogen-bond acceptors (Lipinski definition) is 3. The van der Waals surface area contributed by atoms with Gasteiger partial charge < -0.3 is 4.52 Å². The molecule has 4 nitrogen and oxygen atoms in total. The Bertz CT molecular complexity index is 583. The van der Waals surface area contributed by atoms with Crippen molar-refractivity contribution in [3.05, 3.63) is 65.7 Å². The molecule has 0 aliphatic heterocycles. The summed E-state index contributed by atoms with van der Waals surface area (Å²) in [4.78, 5) is 9.38. The fraction of sp³-hybridized carbons (Fsp3) is 0.143. The molecule has 2 aromatic rings. The van der Waals surface area contributed by atoms with Crippen LogP contribution in [0.1, 0.15) is 11.1 Å². The maximum Gasteiger partial charge on any atom is 0.527 e. The molecule has 0 aliphatic rings. The highest BCUT2D eigenvalue weighted by Gasteiger charge is 2.21. The van der Waals surface area contributed by atoms with E-state index in [1.807, 2.05) is 42.5 Å². The lowest BCUT2D eigenvalue weighted by Gasteiger charge is -2.14. The third-order valence-corrected chi connectivity index (χ3v) is 3.54. The monoisotopic (exact) mass is 278 g/mol. The van der Waals surface area contributed by atoms with Crippen molar-refractivity contribution in [2.75, 3.05) is 7.11 Å². The number of phosphoric acid groups is 1. The fourth-order valence-electron chi connectivity index (χ4n) is 1.72. The van der Waals surface area contributed by atoms with Crippen LogP contribution in [0.15, 0.2) is 54.6 Å². The molecule has 2 aromatic carbocycles. The van der Waals surface area contributed by atoms with Crippen LogP contribution in [0.3, 0.4) is 0 Å². The maximum atomic E-state index is 11.5. The molecule has 0 fully saturated rings. The maximum absolute atomic E-state index is 11.5. The molecule has 0 amide bonds. The topological polar surface area (TPSA) is 55.8 Å². The SMILES string of the molecule is COP(=O)(O)Oc1ccccc1Cc1ccccc1. The fourth-order valence-corrected chi connectivity index (χ4v) is 2.22. The van der Waals surface area contributed by atoms with Crippen LogP contribution in [0.2, 0.25) is 0 Å². The van der Waals surface area contributed by atoms with E-state index < -0.39 is 7.82 Å². The summed E-state index contributed by atoms with van der Waals surface area (Å²) in [5, 5.41) is 0. The summed E-state index contributed by atoms with van der Waals surface area (Å²) in [5.74, 6) is 0.360. The number of phosphoric ester groups is 1. The first-order valence-corrected chi connectivity index (χ1v) is 7.30. The lowest BCUT2D eigenvalue weighted by Crippen LogP contribution is -1.98. The highest BCUT2D eigenvalue weighted by atomic mass is 31.2. The molecule has 0 saturated carbocycles. The van der Waals surface area contributed by atoms with E-state index in [2.05, 4.69) is 4.52 Å². The molecule has 0 heterocycles. The Balaban J connectivity index is 2.24. The van der Waals surface area contributed by atoms with Gasteiger partial charge in [0.1, 0.15) is 5.75 Å². The molecule has 0 radical (unpaired) electrons. The second kappa shape index (κ2) is 6.02. The molecular formula is C14H15O4P. The summed E-state index contributed by atoms with van der Waals surface area (Å²) in [6.07, 6.45) is 0.626. The lowest BCUT2D eigenvalue weighted by molar-refractivity contribution is 0.242. The van der Waals surface area contributed by atoms with Gasteiger partial charge in [-0.3, -0.25) is 9.42 Å². The molecule has 19 heavy (non-hydrogen) atoms. The lowest BCUT2D eigenvalue weighted by atomic mass is 10.0. The van der Waals surface area contributed by atoms with E-state index in [1.54, 1.807) is 12.1 Å². The molecule has 1 N–H and O–H groups in total. The zero-order valence-corrected chi connectivity index (χ0v) is 11.4. The summed E-state index contributed by atoms with van der Waals surface area (Å²) in [6, 6.07) is 16.9. The van der Waals surface area contributed by atoms with Gasteiger partial charge in [-0.2, -0.15) is 0 Å². The summed E-state index contributed by atoms with van der Waals surface area (Å²) < 4.78 is 20.9. The molecule has 5 heteroatoms. The number of hydrogen-bond donors (Lipinski definition) is 1. The molecule has 100 valence electrons. The van der Waals surface area contributed by atoms with Gasteiger partial charge in [-0.1, -0.05) is 48.5 Å². The van der Waals surface area contributed by atoms with Gasteiger partial charge in [0.25, 0.3) is 0 Å². The standard InChI is InChI=1S/C14H15O4P/c1-17-19(15,16)18-14-10-6-5-9-13(14)11-12-7-3-2-4-8-12/h2-10H,11H2,1H3,(H,15,16). The first-order chi connectivity index (χ1) is 9.11. The molecule has 2 rings (SSSR count). The predicted octanol–water partition coefficient (Wildman–Crippen LogP) is 3.40. The van der Waals surface area contributed by atoms with Crippen molar-refractivity contribution in [1.82, 2.24) is 0 Å². The van der Waals surface area contributed by atoms with Crippen LogP contribution in [-0.2, 0) is 15.5 Å². The molecule has 0 aromatic heterocycles. The minimum absolute atomic E-state index is 0.360. The molecule has 0 spiro atoms. The van der Waals surface area contributed by atoms with E-state index in [0.29, 0.717) is 12.2 Å². The first-order valence-electron chi connectivity index (χ1n) is 5.81. The van der Waals surface area contributed by atoms with Crippen molar-refractivity contribution in [2.45, 2.75) is 6.42 Å². The van der Waals surface area contributed by atoms with Crippen LogP contribution in [0.4, 0.5) is 0 Å². The zero-order valence-electron chi connectivity index (χ0n) is 10.5. The largest absolute Gasteiger partial charge is 0.527 e. The summed E-state index contributed by atoms with van der Waals surface area (Å²) >= 11 is 0. The van der Waals surface area contributed by atoms with E-state index in [-0.39, 0.29) is 0 Å². The van der Waals surface area contributed by atoms with E-state index in [0.717, 1.165) is 18.2 Å². The van der Waals surface area contributed by atoms with Gasteiger partial charge in [-0.05, 0) is 17.2 Å². The van der Waals surface area contributed by atoms with Gasteiger partial charge in [0.05, 0.1) is 0 Å². The van der Waals surface area contributed by atoms with E-state index in [9.17, 15) is 9.46 Å². The van der Waals surface area contributed by atoms with Crippen LogP contribution < -0.4 is 4.52 Å². The van der Waals surface area contributed by atoms with Gasteiger partial charge in [-0.15, -0.1) is 0 Å². The summed E-state index contributed by atoms with van der Waals surface area (Å²) in [7, 11) is -2.89. The minimum Gasteiger partial charge on any atom is -0.404 e. The minimum atomic E-state index is -4.03. The van der Waals surface area contributed by atoms with Crippen molar-refractivity contribution >= 4 is 7.82 Å². The van der Waals surface area contributed by atoms with E-state index in [4.69, 9.17) is 4.52 Å². The molecular weight excluding hydrogens is 263 g/mol. The van der Waals surface area contributed by atoms with Crippen LogP contribution in [0.25, 0.3) is 0 Å². The second-order valence-corrected chi connectivity index (χ2v) is 5.50. The Morgan fingerprint density at radius 2 is 1.68 bits per heavy atom. The van der Waals surface area contributed by atoms with Gasteiger partial charge in [-0.25, -0.2) is 4.57 Å². The molecule has 0 saturated heterocycles. The second-order valence-electron chi connectivity index (χ2n) is 4.01. The molecule has 0 aliphatic carbocycles. The van der Waals surface area contributed by atoms with Gasteiger partial charge >= 0.3 is 7.82 Å². The average molecular weight is 278 g/mol. The highest BCUT2D eigenvalue weighted by Crippen LogP contribution is 2.43. The first kappa shape index (κ1) is 13.8. The summed E-state index contributed by atoms with van der Waals surface area (Å²) in [6.45, 7) is 0. The molecule has 1 unspecified atom stereocenters. The highest BCUT2D eigenvalue weighted by molar-refractivity contribution is 7.47. The van der Waals surface area contributed by atoms with Crippen LogP contribution in [0.5, 0.6) is 5.75 Å². The van der Waals surface area contributed by atoms with E-state index in [1.165, 1.54) is 0 Å². The van der Waals surface area contributed by atoms with Crippen LogP contribution in [0, 0.1) is 0 Å². The Morgan fingerprint density at radius 3 is 2.37 bits per heavy atom. The Kier molecular flexibility index (Phi) is 4.38. The summed E-state index contributed by atoms with van der Waals surface area (Å²) in [5.41, 5.74) is 1.93. The normalized spacial score (nSPS) is 13.8. The third-order valence-electron chi connectivity index (χ3n) is 2.65. The Hall–Kier alpha value is -1.61.